The van der Waals surface area contributed by atoms with Gasteiger partial charge in [-0.1, -0.05) is 6.42 Å². The first-order chi connectivity index (χ1) is 7.34. The molecule has 88 valence electrons. The van der Waals surface area contributed by atoms with E-state index in [2.05, 4.69) is 11.6 Å². The molecule has 0 unspecified atom stereocenters. The summed E-state index contributed by atoms with van der Waals surface area (Å²) in [6, 6.07) is 0.136. The van der Waals surface area contributed by atoms with Crippen molar-refractivity contribution in [2.75, 3.05) is 31.6 Å². The van der Waals surface area contributed by atoms with Crippen molar-refractivity contribution in [2.24, 2.45) is 0 Å². The van der Waals surface area contributed by atoms with E-state index in [1.807, 2.05) is 16.7 Å². The predicted octanol–water partition coefficient (Wildman–Crippen LogP) is 2.33. The molecule has 1 fully saturated rings. The summed E-state index contributed by atoms with van der Waals surface area (Å²) in [5.74, 6) is 1.24. The predicted molar refractivity (Wildman–Crippen MR) is 66.4 cm³/mol. The Morgan fingerprint density at radius 3 is 2.67 bits per heavy atom. The zero-order valence-electron chi connectivity index (χ0n) is 9.63. The maximum absolute atomic E-state index is 11.5. The second-order valence-electron chi connectivity index (χ2n) is 3.98. The van der Waals surface area contributed by atoms with E-state index in [1.165, 1.54) is 31.4 Å². The van der Waals surface area contributed by atoms with Crippen LogP contribution in [0.3, 0.4) is 0 Å². The third-order valence-corrected chi connectivity index (χ3v) is 3.39. The van der Waals surface area contributed by atoms with Crippen molar-refractivity contribution >= 4 is 17.8 Å². The van der Waals surface area contributed by atoms with Crippen LogP contribution in [0, 0.1) is 0 Å². The molecule has 0 atom stereocenters. The number of amides is 2. The molecule has 0 saturated carbocycles. The Morgan fingerprint density at radius 2 is 2.00 bits per heavy atom. The molecular formula is C11H22N2OS. The van der Waals surface area contributed by atoms with Crippen LogP contribution in [-0.2, 0) is 0 Å². The highest BCUT2D eigenvalue weighted by atomic mass is 32.2. The van der Waals surface area contributed by atoms with Crippen LogP contribution in [-0.4, -0.2) is 42.6 Å². The smallest absolute Gasteiger partial charge is 0.317 e. The molecule has 0 bridgehead atoms. The first-order valence-electron chi connectivity index (χ1n) is 5.86. The molecule has 1 aliphatic rings. The average Bonchev–Trinajstić information content (AvgIpc) is 2.76. The van der Waals surface area contributed by atoms with Crippen LogP contribution in [0.15, 0.2) is 0 Å². The fourth-order valence-corrected chi connectivity index (χ4v) is 2.27. The monoisotopic (exact) mass is 230 g/mol. The largest absolute Gasteiger partial charge is 0.338 e. The SMILES string of the molecule is CSCCCCCNC(=O)N1CCCC1. The lowest BCUT2D eigenvalue weighted by atomic mass is 10.2. The molecule has 2 amide bonds. The summed E-state index contributed by atoms with van der Waals surface area (Å²) in [6.07, 6.45) is 8.07. The van der Waals surface area contributed by atoms with Gasteiger partial charge in [0.15, 0.2) is 0 Å². The van der Waals surface area contributed by atoms with Gasteiger partial charge >= 0.3 is 6.03 Å². The van der Waals surface area contributed by atoms with Gasteiger partial charge in [-0.25, -0.2) is 4.79 Å². The Labute approximate surface area is 97.0 Å². The Hall–Kier alpha value is -0.380. The molecule has 1 saturated heterocycles. The summed E-state index contributed by atoms with van der Waals surface area (Å²) in [5.41, 5.74) is 0. The number of hydrogen-bond donors (Lipinski definition) is 1. The van der Waals surface area contributed by atoms with E-state index in [0.717, 1.165) is 26.1 Å². The van der Waals surface area contributed by atoms with E-state index in [-0.39, 0.29) is 6.03 Å². The number of hydrogen-bond acceptors (Lipinski definition) is 2. The molecule has 1 aliphatic heterocycles. The zero-order chi connectivity index (χ0) is 10.9. The lowest BCUT2D eigenvalue weighted by Crippen LogP contribution is -2.38. The second-order valence-corrected chi connectivity index (χ2v) is 4.97. The number of carbonyl (C=O) groups excluding carboxylic acids is 1. The highest BCUT2D eigenvalue weighted by Gasteiger charge is 2.16. The molecule has 0 aromatic heterocycles. The van der Waals surface area contributed by atoms with Gasteiger partial charge < -0.3 is 10.2 Å². The Morgan fingerprint density at radius 1 is 1.27 bits per heavy atom. The summed E-state index contributed by atoms with van der Waals surface area (Å²) in [7, 11) is 0. The van der Waals surface area contributed by atoms with E-state index in [0.29, 0.717) is 0 Å². The van der Waals surface area contributed by atoms with Gasteiger partial charge in [0.25, 0.3) is 0 Å². The summed E-state index contributed by atoms with van der Waals surface area (Å²) >= 11 is 1.89. The molecule has 0 spiro atoms. The van der Waals surface area contributed by atoms with E-state index in [1.54, 1.807) is 0 Å². The standard InChI is InChI=1S/C11H22N2OS/c1-15-10-6-2-3-7-12-11(14)13-8-4-5-9-13/h2-10H2,1H3,(H,12,14). The van der Waals surface area contributed by atoms with Crippen LogP contribution < -0.4 is 5.32 Å². The number of rotatable bonds is 6. The van der Waals surface area contributed by atoms with Crippen LogP contribution in [0.1, 0.15) is 32.1 Å². The minimum atomic E-state index is 0.136. The summed E-state index contributed by atoms with van der Waals surface area (Å²) in [6.45, 7) is 2.72. The Kier molecular flexibility index (Phi) is 6.64. The number of unbranched alkanes of at least 4 members (excludes halogenated alkanes) is 2. The van der Waals surface area contributed by atoms with Crippen molar-refractivity contribution in [2.45, 2.75) is 32.1 Å². The first-order valence-corrected chi connectivity index (χ1v) is 7.25. The van der Waals surface area contributed by atoms with E-state index in [4.69, 9.17) is 0 Å². The van der Waals surface area contributed by atoms with Crippen molar-refractivity contribution < 1.29 is 4.79 Å². The number of carbonyl (C=O) groups is 1. The molecule has 0 radical (unpaired) electrons. The number of thioether (sulfide) groups is 1. The molecule has 1 rings (SSSR count). The van der Waals surface area contributed by atoms with Gasteiger partial charge in [0.05, 0.1) is 0 Å². The van der Waals surface area contributed by atoms with Gasteiger partial charge in [0.2, 0.25) is 0 Å². The van der Waals surface area contributed by atoms with Gasteiger partial charge in [-0.3, -0.25) is 0 Å². The highest BCUT2D eigenvalue weighted by molar-refractivity contribution is 7.98. The van der Waals surface area contributed by atoms with Crippen molar-refractivity contribution in [3.63, 3.8) is 0 Å². The van der Waals surface area contributed by atoms with Gasteiger partial charge in [0.1, 0.15) is 0 Å². The van der Waals surface area contributed by atoms with E-state index < -0.39 is 0 Å². The van der Waals surface area contributed by atoms with Crippen molar-refractivity contribution in [3.05, 3.63) is 0 Å². The van der Waals surface area contributed by atoms with Crippen molar-refractivity contribution in [1.82, 2.24) is 10.2 Å². The average molecular weight is 230 g/mol. The van der Waals surface area contributed by atoms with Gasteiger partial charge in [0, 0.05) is 19.6 Å². The summed E-state index contributed by atoms with van der Waals surface area (Å²) in [4.78, 5) is 13.5. The zero-order valence-corrected chi connectivity index (χ0v) is 10.4. The van der Waals surface area contributed by atoms with Crippen LogP contribution in [0.4, 0.5) is 4.79 Å². The Bertz CT molecular complexity index is 181. The molecule has 0 aromatic rings. The van der Waals surface area contributed by atoms with Crippen molar-refractivity contribution in [3.8, 4) is 0 Å². The van der Waals surface area contributed by atoms with Crippen molar-refractivity contribution in [1.29, 1.82) is 0 Å². The second kappa shape index (κ2) is 7.85. The number of nitrogens with zero attached hydrogens (tertiary/aromatic N) is 1. The maximum Gasteiger partial charge on any atom is 0.317 e. The molecule has 0 aromatic carbocycles. The molecule has 4 heteroatoms. The molecule has 1 N–H and O–H groups in total. The number of urea groups is 1. The first kappa shape index (κ1) is 12.7. The lowest BCUT2D eigenvalue weighted by molar-refractivity contribution is 0.208. The molecular weight excluding hydrogens is 208 g/mol. The maximum atomic E-state index is 11.5. The van der Waals surface area contributed by atoms with Crippen LogP contribution >= 0.6 is 11.8 Å². The number of likely N-dealkylation sites (tertiary alicyclic amines) is 1. The van der Waals surface area contributed by atoms with Gasteiger partial charge in [-0.15, -0.1) is 0 Å². The highest BCUT2D eigenvalue weighted by Crippen LogP contribution is 2.07. The molecule has 15 heavy (non-hydrogen) atoms. The third kappa shape index (κ3) is 5.30. The van der Waals surface area contributed by atoms with Gasteiger partial charge in [-0.2, -0.15) is 11.8 Å². The molecule has 3 nitrogen and oxygen atoms in total. The minimum absolute atomic E-state index is 0.136. The fraction of sp³-hybridized carbons (Fsp3) is 0.909. The van der Waals surface area contributed by atoms with Gasteiger partial charge in [-0.05, 0) is 37.7 Å². The Balaban J connectivity index is 1.92. The van der Waals surface area contributed by atoms with Crippen LogP contribution in [0.5, 0.6) is 0 Å². The minimum Gasteiger partial charge on any atom is -0.338 e. The van der Waals surface area contributed by atoms with Crippen LogP contribution in [0.2, 0.25) is 0 Å². The fourth-order valence-electron chi connectivity index (χ4n) is 1.78. The van der Waals surface area contributed by atoms with E-state index >= 15 is 0 Å². The number of nitrogens with one attached hydrogen (secondary N) is 1. The quantitative estimate of drug-likeness (QED) is 0.710. The molecule has 0 aliphatic carbocycles. The summed E-state index contributed by atoms with van der Waals surface area (Å²) < 4.78 is 0. The third-order valence-electron chi connectivity index (χ3n) is 2.69. The normalized spacial score (nSPS) is 15.7. The van der Waals surface area contributed by atoms with E-state index in [9.17, 15) is 4.79 Å². The summed E-state index contributed by atoms with van der Waals surface area (Å²) in [5, 5.41) is 2.98. The topological polar surface area (TPSA) is 32.3 Å². The lowest BCUT2D eigenvalue weighted by Gasteiger charge is -2.15. The molecule has 1 heterocycles. The van der Waals surface area contributed by atoms with Crippen LogP contribution in [0.25, 0.3) is 0 Å².